The average molecular weight is 387 g/mol. The van der Waals surface area contributed by atoms with Gasteiger partial charge < -0.3 is 25.3 Å². The molecule has 28 heavy (non-hydrogen) atoms. The number of carbonyl (C=O) groups excluding carboxylic acids is 3. The fraction of sp³-hybridized carbons (Fsp3) is 0.550. The van der Waals surface area contributed by atoms with E-state index in [2.05, 4.69) is 27.5 Å². The molecule has 152 valence electrons. The van der Waals surface area contributed by atoms with Crippen LogP contribution in [0.5, 0.6) is 0 Å². The van der Waals surface area contributed by atoms with E-state index in [1.807, 2.05) is 24.3 Å². The highest BCUT2D eigenvalue weighted by Gasteiger charge is 2.20. The van der Waals surface area contributed by atoms with Gasteiger partial charge in [0.05, 0.1) is 0 Å². The van der Waals surface area contributed by atoms with E-state index in [0.717, 1.165) is 44.8 Å². The van der Waals surface area contributed by atoms with Crippen LogP contribution >= 0.6 is 0 Å². The summed E-state index contributed by atoms with van der Waals surface area (Å²) in [4.78, 5) is 41.9. The largest absolute Gasteiger partial charge is 0.369 e. The lowest BCUT2D eigenvalue weighted by Crippen LogP contribution is -2.44. The van der Waals surface area contributed by atoms with E-state index in [0.29, 0.717) is 31.6 Å². The minimum Gasteiger partial charge on any atom is -0.369 e. The summed E-state index contributed by atoms with van der Waals surface area (Å²) in [6.45, 7) is 5.81. The molecular weight excluding hydrogens is 358 g/mol. The molecule has 2 aliphatic rings. The van der Waals surface area contributed by atoms with Gasteiger partial charge in [-0.3, -0.25) is 14.4 Å². The van der Waals surface area contributed by atoms with Crippen molar-refractivity contribution in [3.05, 3.63) is 24.3 Å². The number of nitrogens with zero attached hydrogens (tertiary/aromatic N) is 3. The highest BCUT2D eigenvalue weighted by atomic mass is 16.2. The number of benzene rings is 1. The third-order valence-corrected chi connectivity index (χ3v) is 5.26. The van der Waals surface area contributed by atoms with Gasteiger partial charge in [0.15, 0.2) is 0 Å². The molecule has 2 N–H and O–H groups in total. The van der Waals surface area contributed by atoms with Gasteiger partial charge in [-0.25, -0.2) is 0 Å². The Morgan fingerprint density at radius 3 is 2.36 bits per heavy atom. The maximum Gasteiger partial charge on any atom is 0.313 e. The van der Waals surface area contributed by atoms with Crippen LogP contribution in [0.2, 0.25) is 0 Å². The van der Waals surface area contributed by atoms with Crippen LogP contribution in [0.1, 0.15) is 19.3 Å². The maximum absolute atomic E-state index is 12.0. The first-order chi connectivity index (χ1) is 13.5. The molecule has 2 heterocycles. The minimum atomic E-state index is -0.676. The molecule has 0 aliphatic carbocycles. The highest BCUT2D eigenvalue weighted by Crippen LogP contribution is 2.19. The van der Waals surface area contributed by atoms with Gasteiger partial charge in [0.25, 0.3) is 0 Å². The monoisotopic (exact) mass is 387 g/mol. The molecule has 3 amide bonds. The van der Waals surface area contributed by atoms with Crippen molar-refractivity contribution in [3.63, 3.8) is 0 Å². The number of anilines is 2. The Balaban J connectivity index is 1.38. The Kier molecular flexibility index (Phi) is 6.86. The van der Waals surface area contributed by atoms with Crippen molar-refractivity contribution in [2.75, 3.05) is 63.1 Å². The Morgan fingerprint density at radius 2 is 1.71 bits per heavy atom. The topological polar surface area (TPSA) is 85.0 Å². The van der Waals surface area contributed by atoms with E-state index >= 15 is 0 Å². The maximum atomic E-state index is 12.0. The minimum absolute atomic E-state index is 0.170. The van der Waals surface area contributed by atoms with Crippen LogP contribution in [-0.2, 0) is 14.4 Å². The molecule has 1 aromatic carbocycles. The summed E-state index contributed by atoms with van der Waals surface area (Å²) >= 11 is 0. The Morgan fingerprint density at radius 1 is 1.00 bits per heavy atom. The van der Waals surface area contributed by atoms with Gasteiger partial charge in [-0.1, -0.05) is 0 Å². The molecule has 0 bridgehead atoms. The van der Waals surface area contributed by atoms with Gasteiger partial charge in [0, 0.05) is 63.6 Å². The summed E-state index contributed by atoms with van der Waals surface area (Å²) in [5, 5.41) is 5.23. The predicted octanol–water partition coefficient (Wildman–Crippen LogP) is 0.506. The van der Waals surface area contributed by atoms with Crippen molar-refractivity contribution in [2.45, 2.75) is 19.3 Å². The van der Waals surface area contributed by atoms with Crippen molar-refractivity contribution in [1.82, 2.24) is 15.1 Å². The van der Waals surface area contributed by atoms with E-state index in [1.165, 1.54) is 0 Å². The fourth-order valence-electron chi connectivity index (χ4n) is 3.50. The molecule has 2 aliphatic heterocycles. The van der Waals surface area contributed by atoms with Crippen LogP contribution in [0.25, 0.3) is 0 Å². The second kappa shape index (κ2) is 9.54. The molecule has 0 radical (unpaired) electrons. The molecule has 2 fully saturated rings. The van der Waals surface area contributed by atoms with Crippen LogP contribution in [0.15, 0.2) is 24.3 Å². The van der Waals surface area contributed by atoms with Gasteiger partial charge >= 0.3 is 11.8 Å². The summed E-state index contributed by atoms with van der Waals surface area (Å²) in [6, 6.07) is 7.56. The third kappa shape index (κ3) is 5.45. The van der Waals surface area contributed by atoms with Crippen LogP contribution in [-0.4, -0.2) is 80.4 Å². The quantitative estimate of drug-likeness (QED) is 0.549. The molecule has 0 saturated carbocycles. The van der Waals surface area contributed by atoms with Gasteiger partial charge in [-0.15, -0.1) is 0 Å². The van der Waals surface area contributed by atoms with Gasteiger partial charge in [-0.05, 0) is 44.2 Å². The first-order valence-electron chi connectivity index (χ1n) is 9.93. The molecule has 0 atom stereocenters. The molecule has 8 nitrogen and oxygen atoms in total. The Bertz CT molecular complexity index is 698. The lowest BCUT2D eigenvalue weighted by molar-refractivity contribution is -0.136. The Hall–Kier alpha value is -2.61. The van der Waals surface area contributed by atoms with Gasteiger partial charge in [-0.2, -0.15) is 0 Å². The lowest BCUT2D eigenvalue weighted by atomic mass is 10.2. The molecule has 8 heteroatoms. The Labute approximate surface area is 165 Å². The van der Waals surface area contributed by atoms with Crippen molar-refractivity contribution < 1.29 is 14.4 Å². The van der Waals surface area contributed by atoms with Gasteiger partial charge in [0.1, 0.15) is 0 Å². The van der Waals surface area contributed by atoms with Crippen LogP contribution in [0.3, 0.4) is 0 Å². The molecule has 0 aromatic heterocycles. The SMILES string of the molecule is CN1CCN(c2ccc(NC(=O)C(=O)NCCCN3CCCC3=O)cc2)CC1. The number of carbonyl (C=O) groups is 3. The van der Waals surface area contributed by atoms with Crippen molar-refractivity contribution in [2.24, 2.45) is 0 Å². The number of hydrogen-bond donors (Lipinski definition) is 2. The van der Waals surface area contributed by atoms with E-state index in [4.69, 9.17) is 0 Å². The van der Waals surface area contributed by atoms with Crippen molar-refractivity contribution in [1.29, 1.82) is 0 Å². The summed E-state index contributed by atoms with van der Waals surface area (Å²) < 4.78 is 0. The second-order valence-corrected chi connectivity index (χ2v) is 7.39. The highest BCUT2D eigenvalue weighted by molar-refractivity contribution is 6.39. The first-order valence-corrected chi connectivity index (χ1v) is 9.93. The molecule has 0 unspecified atom stereocenters. The van der Waals surface area contributed by atoms with Crippen LogP contribution in [0.4, 0.5) is 11.4 Å². The number of rotatable bonds is 6. The summed E-state index contributed by atoms with van der Waals surface area (Å²) in [6.07, 6.45) is 2.16. The lowest BCUT2D eigenvalue weighted by Gasteiger charge is -2.34. The number of hydrogen-bond acceptors (Lipinski definition) is 5. The van der Waals surface area contributed by atoms with Crippen LogP contribution in [0, 0.1) is 0 Å². The number of likely N-dealkylation sites (tertiary alicyclic amines) is 1. The average Bonchev–Trinajstić information content (AvgIpc) is 3.11. The molecular formula is C20H29N5O3. The molecule has 1 aromatic rings. The number of nitrogens with one attached hydrogen (secondary N) is 2. The molecule has 3 rings (SSSR count). The number of amides is 3. The normalized spacial score (nSPS) is 17.7. The molecule has 2 saturated heterocycles. The number of piperazine rings is 1. The van der Waals surface area contributed by atoms with Crippen molar-refractivity contribution in [3.8, 4) is 0 Å². The van der Waals surface area contributed by atoms with Crippen molar-refractivity contribution >= 4 is 29.1 Å². The third-order valence-electron chi connectivity index (χ3n) is 5.26. The second-order valence-electron chi connectivity index (χ2n) is 7.39. The van der Waals surface area contributed by atoms with E-state index in [-0.39, 0.29) is 5.91 Å². The van der Waals surface area contributed by atoms with Crippen LogP contribution < -0.4 is 15.5 Å². The molecule has 0 spiro atoms. The van der Waals surface area contributed by atoms with Gasteiger partial charge in [0.2, 0.25) is 5.91 Å². The standard InChI is InChI=1S/C20H29N5O3/c1-23-12-14-24(15-13-23)17-7-5-16(6-8-17)22-20(28)19(27)21-9-3-11-25-10-2-4-18(25)26/h5-8H,2-4,9-15H2,1H3,(H,21,27)(H,22,28). The fourth-order valence-corrected chi connectivity index (χ4v) is 3.50. The summed E-state index contributed by atoms with van der Waals surface area (Å²) in [7, 11) is 2.12. The zero-order valence-electron chi connectivity index (χ0n) is 16.4. The summed E-state index contributed by atoms with van der Waals surface area (Å²) in [5.74, 6) is -1.16. The smallest absolute Gasteiger partial charge is 0.313 e. The first kappa shape index (κ1) is 20.1. The predicted molar refractivity (Wildman–Crippen MR) is 108 cm³/mol. The zero-order valence-corrected chi connectivity index (χ0v) is 16.4. The van der Waals surface area contributed by atoms with E-state index in [1.54, 1.807) is 4.90 Å². The zero-order chi connectivity index (χ0) is 19.9. The number of likely N-dealkylation sites (N-methyl/N-ethyl adjacent to an activating group) is 1. The van der Waals surface area contributed by atoms with E-state index in [9.17, 15) is 14.4 Å². The van der Waals surface area contributed by atoms with E-state index < -0.39 is 11.8 Å². The summed E-state index contributed by atoms with van der Waals surface area (Å²) in [5.41, 5.74) is 1.72.